The first kappa shape index (κ1) is 21.3. The fourth-order valence-corrected chi connectivity index (χ4v) is 7.45. The number of likely N-dealkylation sites (tertiary alicyclic amines) is 1. The molecule has 0 radical (unpaired) electrons. The van der Waals surface area contributed by atoms with Crippen molar-refractivity contribution in [3.05, 3.63) is 28.2 Å². The van der Waals surface area contributed by atoms with Crippen LogP contribution in [0.25, 0.3) is 0 Å². The summed E-state index contributed by atoms with van der Waals surface area (Å²) in [5.74, 6) is 2.22. The summed E-state index contributed by atoms with van der Waals surface area (Å²) in [5, 5.41) is 10.3. The maximum absolute atomic E-state index is 13.8. The molecule has 5 fully saturated rings. The van der Waals surface area contributed by atoms with Crippen LogP contribution in [0.5, 0.6) is 5.75 Å². The lowest BCUT2D eigenvalue weighted by Gasteiger charge is -2.56. The van der Waals surface area contributed by atoms with Crippen molar-refractivity contribution in [2.75, 3.05) is 13.7 Å². The van der Waals surface area contributed by atoms with E-state index in [4.69, 9.17) is 9.47 Å². The van der Waals surface area contributed by atoms with Gasteiger partial charge in [0.2, 0.25) is 5.91 Å². The Kier molecular flexibility index (Phi) is 5.53. The van der Waals surface area contributed by atoms with Crippen LogP contribution in [0, 0.1) is 23.2 Å². The van der Waals surface area contributed by atoms with Crippen molar-refractivity contribution >= 4 is 27.8 Å². The molecule has 1 amide bonds. The summed E-state index contributed by atoms with van der Waals surface area (Å²) >= 11 is 3.43. The number of methoxy groups -OCH3 is 1. The number of halogens is 1. The summed E-state index contributed by atoms with van der Waals surface area (Å²) in [6, 6.07) is 4.82. The van der Waals surface area contributed by atoms with E-state index in [0.29, 0.717) is 23.5 Å². The van der Waals surface area contributed by atoms with Gasteiger partial charge in [0.1, 0.15) is 18.4 Å². The third-order valence-electron chi connectivity index (χ3n) is 7.92. The molecule has 1 saturated heterocycles. The van der Waals surface area contributed by atoms with Crippen molar-refractivity contribution in [1.29, 1.82) is 0 Å². The summed E-state index contributed by atoms with van der Waals surface area (Å²) in [6.45, 7) is 0.286. The minimum Gasteiger partial charge on any atom is -0.496 e. The molecule has 6 nitrogen and oxygen atoms in total. The Labute approximate surface area is 191 Å². The van der Waals surface area contributed by atoms with Crippen molar-refractivity contribution < 1.29 is 24.2 Å². The number of hydrogen-bond donors (Lipinski definition) is 1. The Balaban J connectivity index is 1.30. The van der Waals surface area contributed by atoms with Gasteiger partial charge in [0.05, 0.1) is 18.6 Å². The molecule has 1 heterocycles. The Hall–Kier alpha value is -1.60. The molecule has 7 heteroatoms. The second kappa shape index (κ2) is 8.07. The molecule has 168 valence electrons. The largest absolute Gasteiger partial charge is 0.496 e. The van der Waals surface area contributed by atoms with Gasteiger partial charge in [0.25, 0.3) is 0 Å². The molecular weight excluding hydrogens is 462 g/mol. The van der Waals surface area contributed by atoms with E-state index in [1.807, 2.05) is 18.2 Å². The first-order valence-electron chi connectivity index (χ1n) is 11.3. The molecule has 0 spiro atoms. The highest BCUT2D eigenvalue weighted by Gasteiger charge is 2.57. The molecule has 1 unspecified atom stereocenters. The topological polar surface area (TPSA) is 76.1 Å². The van der Waals surface area contributed by atoms with Gasteiger partial charge in [-0.3, -0.25) is 4.79 Å². The fourth-order valence-electron chi connectivity index (χ4n) is 7.04. The van der Waals surface area contributed by atoms with Crippen molar-refractivity contribution in [3.8, 4) is 5.75 Å². The molecule has 6 rings (SSSR count). The van der Waals surface area contributed by atoms with Crippen molar-refractivity contribution in [1.82, 2.24) is 4.90 Å². The molecule has 1 aliphatic heterocycles. The van der Waals surface area contributed by atoms with Gasteiger partial charge < -0.3 is 19.5 Å². The molecule has 4 aliphatic carbocycles. The summed E-state index contributed by atoms with van der Waals surface area (Å²) in [4.78, 5) is 28.4. The van der Waals surface area contributed by atoms with Crippen LogP contribution in [-0.2, 0) is 20.9 Å². The molecule has 5 aliphatic rings. The van der Waals surface area contributed by atoms with Gasteiger partial charge in [-0.25, -0.2) is 4.79 Å². The number of esters is 1. The first-order chi connectivity index (χ1) is 14.9. The van der Waals surface area contributed by atoms with Crippen LogP contribution >= 0.6 is 15.9 Å². The van der Waals surface area contributed by atoms with Gasteiger partial charge in [-0.05, 0) is 74.5 Å². The smallest absolute Gasteiger partial charge is 0.329 e. The molecule has 0 aromatic heterocycles. The third-order valence-corrected chi connectivity index (χ3v) is 8.41. The lowest BCUT2D eigenvalue weighted by Crippen LogP contribution is -2.56. The highest BCUT2D eigenvalue weighted by atomic mass is 79.9. The number of aliphatic hydroxyl groups is 1. The molecule has 2 atom stereocenters. The fraction of sp³-hybridized carbons (Fsp3) is 0.667. The zero-order valence-corrected chi connectivity index (χ0v) is 19.5. The minimum absolute atomic E-state index is 0.0629. The van der Waals surface area contributed by atoms with Crippen LogP contribution in [0.4, 0.5) is 0 Å². The van der Waals surface area contributed by atoms with Crippen LogP contribution < -0.4 is 4.74 Å². The minimum atomic E-state index is -0.714. The predicted octanol–water partition coefficient (Wildman–Crippen LogP) is 3.68. The number of β-amino-alcohol motifs (C(OH)–C–C–N with tert-alkyl or cyclic N) is 1. The quantitative estimate of drug-likeness (QED) is 0.635. The molecule has 4 saturated carbocycles. The molecule has 4 bridgehead atoms. The SMILES string of the molecule is COc1ccc(Br)cc1COC(=O)[C@@H]1CC(O)CN1C(=O)C12CC3CC(CC(C3)C1)C2. The number of carbonyl (C=O) groups excluding carboxylic acids is 2. The van der Waals surface area contributed by atoms with Gasteiger partial charge in [-0.2, -0.15) is 0 Å². The van der Waals surface area contributed by atoms with Crippen LogP contribution in [0.1, 0.15) is 50.5 Å². The second-order valence-electron chi connectivity index (χ2n) is 10.1. The predicted molar refractivity (Wildman–Crippen MR) is 117 cm³/mol. The Morgan fingerprint density at radius 1 is 1.13 bits per heavy atom. The molecule has 1 aromatic carbocycles. The van der Waals surface area contributed by atoms with Crippen LogP contribution in [-0.4, -0.2) is 47.7 Å². The number of carbonyl (C=O) groups is 2. The number of aliphatic hydroxyl groups excluding tert-OH is 1. The number of ether oxygens (including phenoxy) is 2. The van der Waals surface area contributed by atoms with E-state index < -0.39 is 18.1 Å². The molecular formula is C24H30BrNO5. The van der Waals surface area contributed by atoms with Gasteiger partial charge >= 0.3 is 5.97 Å². The molecule has 31 heavy (non-hydrogen) atoms. The molecule has 1 N–H and O–H groups in total. The lowest BCUT2D eigenvalue weighted by molar-refractivity contribution is -0.166. The highest BCUT2D eigenvalue weighted by molar-refractivity contribution is 9.10. The third kappa shape index (κ3) is 3.88. The number of hydrogen-bond acceptors (Lipinski definition) is 5. The molecule has 1 aromatic rings. The summed E-state index contributed by atoms with van der Waals surface area (Å²) < 4.78 is 11.8. The monoisotopic (exact) mass is 491 g/mol. The van der Waals surface area contributed by atoms with Gasteiger partial charge in [-0.15, -0.1) is 0 Å². The van der Waals surface area contributed by atoms with Crippen molar-refractivity contribution in [2.45, 2.75) is 63.7 Å². The normalized spacial score (nSPS) is 36.0. The van der Waals surface area contributed by atoms with Gasteiger partial charge in [0, 0.05) is 23.0 Å². The number of rotatable bonds is 5. The zero-order chi connectivity index (χ0) is 21.8. The summed E-state index contributed by atoms with van der Waals surface area (Å²) in [5.41, 5.74) is 0.424. The van der Waals surface area contributed by atoms with E-state index in [1.165, 1.54) is 19.3 Å². The highest BCUT2D eigenvalue weighted by Crippen LogP contribution is 2.60. The van der Waals surface area contributed by atoms with E-state index in [1.54, 1.807) is 12.0 Å². The van der Waals surface area contributed by atoms with Crippen molar-refractivity contribution in [2.24, 2.45) is 23.2 Å². The standard InChI is InChI=1S/C24H30BrNO5/c1-30-21-3-2-18(25)7-17(21)13-31-22(28)20-8-19(27)12-26(20)23(29)24-9-14-4-15(10-24)6-16(5-14)11-24/h2-3,7,14-16,19-20,27H,4-6,8-13H2,1H3/t14?,15?,16?,19?,20-,24?/m0/s1. The van der Waals surface area contributed by atoms with E-state index in [9.17, 15) is 14.7 Å². The van der Waals surface area contributed by atoms with E-state index in [0.717, 1.165) is 29.3 Å². The summed E-state index contributed by atoms with van der Waals surface area (Å²) in [7, 11) is 1.58. The maximum Gasteiger partial charge on any atom is 0.329 e. The van der Waals surface area contributed by atoms with Crippen LogP contribution in [0.2, 0.25) is 0 Å². The van der Waals surface area contributed by atoms with Crippen molar-refractivity contribution in [3.63, 3.8) is 0 Å². The number of nitrogens with zero attached hydrogens (tertiary/aromatic N) is 1. The van der Waals surface area contributed by atoms with E-state index in [-0.39, 0.29) is 30.9 Å². The van der Waals surface area contributed by atoms with E-state index in [2.05, 4.69) is 15.9 Å². The van der Waals surface area contributed by atoms with Crippen LogP contribution in [0.15, 0.2) is 22.7 Å². The first-order valence-corrected chi connectivity index (χ1v) is 12.1. The Morgan fingerprint density at radius 3 is 2.39 bits per heavy atom. The summed E-state index contributed by atoms with van der Waals surface area (Å²) in [6.07, 6.45) is 6.17. The second-order valence-corrected chi connectivity index (χ2v) is 11.0. The average molecular weight is 492 g/mol. The van der Waals surface area contributed by atoms with Gasteiger partial charge in [-0.1, -0.05) is 15.9 Å². The lowest BCUT2D eigenvalue weighted by atomic mass is 9.49. The Bertz CT molecular complexity index is 851. The number of amides is 1. The van der Waals surface area contributed by atoms with E-state index >= 15 is 0 Å². The Morgan fingerprint density at radius 2 is 1.77 bits per heavy atom. The number of benzene rings is 1. The average Bonchev–Trinajstić information content (AvgIpc) is 3.12. The maximum atomic E-state index is 13.8. The zero-order valence-electron chi connectivity index (χ0n) is 17.9. The van der Waals surface area contributed by atoms with Gasteiger partial charge in [0.15, 0.2) is 0 Å². The van der Waals surface area contributed by atoms with Crippen LogP contribution in [0.3, 0.4) is 0 Å².